The van der Waals surface area contributed by atoms with Crippen LogP contribution in [0.25, 0.3) is 0 Å². The number of rotatable bonds is 8. The zero-order valence-corrected chi connectivity index (χ0v) is 14.0. The Balaban J connectivity index is 2.11. The molecule has 0 bridgehead atoms. The van der Waals surface area contributed by atoms with Crippen LogP contribution in [0.1, 0.15) is 30.1 Å². The first-order valence-electron chi connectivity index (χ1n) is 7.92. The molecule has 1 aliphatic rings. The highest BCUT2D eigenvalue weighted by molar-refractivity contribution is 6.04. The van der Waals surface area contributed by atoms with Crippen LogP contribution in [-0.4, -0.2) is 51.0 Å². The summed E-state index contributed by atoms with van der Waals surface area (Å²) >= 11 is 0. The number of methoxy groups -OCH3 is 1. The summed E-state index contributed by atoms with van der Waals surface area (Å²) in [7, 11) is 1.60. The Kier molecular flexibility index (Phi) is 6.31. The number of ketones is 1. The Hall–Kier alpha value is -2.41. The molecule has 2 amide bonds. The lowest BCUT2D eigenvalue weighted by Crippen LogP contribution is -2.45. The van der Waals surface area contributed by atoms with Crippen LogP contribution < -0.4 is 15.0 Å². The molecule has 1 aromatic rings. The van der Waals surface area contributed by atoms with Crippen LogP contribution in [0.4, 0.5) is 5.69 Å². The van der Waals surface area contributed by atoms with Crippen LogP contribution in [0.15, 0.2) is 18.2 Å². The highest BCUT2D eigenvalue weighted by Gasteiger charge is 2.28. The van der Waals surface area contributed by atoms with Gasteiger partial charge in [0.05, 0.1) is 5.69 Å². The molecule has 1 aliphatic heterocycles. The minimum absolute atomic E-state index is 0.0280. The first kappa shape index (κ1) is 17.9. The minimum atomic E-state index is -0.310. The van der Waals surface area contributed by atoms with Crippen molar-refractivity contribution in [3.8, 4) is 5.75 Å². The van der Waals surface area contributed by atoms with Crippen molar-refractivity contribution in [1.82, 2.24) is 5.32 Å². The van der Waals surface area contributed by atoms with Gasteiger partial charge in [0.15, 0.2) is 12.4 Å². The molecule has 24 heavy (non-hydrogen) atoms. The second kappa shape index (κ2) is 8.44. The van der Waals surface area contributed by atoms with Crippen LogP contribution in [0, 0.1) is 0 Å². The summed E-state index contributed by atoms with van der Waals surface area (Å²) < 4.78 is 10.3. The molecular formula is C17H22N2O5. The molecule has 0 aromatic heterocycles. The fourth-order valence-electron chi connectivity index (χ4n) is 2.40. The monoisotopic (exact) mass is 334 g/mol. The number of benzene rings is 1. The number of carbonyl (C=O) groups excluding carboxylic acids is 3. The number of hydrogen-bond acceptors (Lipinski definition) is 5. The molecule has 0 radical (unpaired) electrons. The number of amides is 2. The van der Waals surface area contributed by atoms with E-state index in [2.05, 4.69) is 5.32 Å². The van der Waals surface area contributed by atoms with Gasteiger partial charge in [-0.3, -0.25) is 19.3 Å². The molecule has 0 saturated carbocycles. The van der Waals surface area contributed by atoms with E-state index in [9.17, 15) is 14.4 Å². The van der Waals surface area contributed by atoms with E-state index < -0.39 is 0 Å². The van der Waals surface area contributed by atoms with Crippen LogP contribution >= 0.6 is 0 Å². The van der Waals surface area contributed by atoms with Crippen molar-refractivity contribution in [1.29, 1.82) is 0 Å². The van der Waals surface area contributed by atoms with E-state index in [1.54, 1.807) is 32.2 Å². The number of nitrogens with zero attached hydrogens (tertiary/aromatic N) is 1. The maximum Gasteiger partial charge on any atom is 0.265 e. The van der Waals surface area contributed by atoms with E-state index in [4.69, 9.17) is 9.47 Å². The van der Waals surface area contributed by atoms with E-state index in [1.165, 1.54) is 4.90 Å². The third kappa shape index (κ3) is 4.32. The van der Waals surface area contributed by atoms with Crippen molar-refractivity contribution in [2.24, 2.45) is 0 Å². The lowest BCUT2D eigenvalue weighted by Gasteiger charge is -2.29. The quantitative estimate of drug-likeness (QED) is 0.569. The van der Waals surface area contributed by atoms with Gasteiger partial charge in [0.25, 0.3) is 5.91 Å². The highest BCUT2D eigenvalue weighted by atomic mass is 16.5. The topological polar surface area (TPSA) is 84.9 Å². The van der Waals surface area contributed by atoms with E-state index in [-0.39, 0.29) is 30.7 Å². The fraction of sp³-hybridized carbons (Fsp3) is 0.471. The predicted octanol–water partition coefficient (Wildman–Crippen LogP) is 1.16. The zero-order valence-electron chi connectivity index (χ0n) is 14.0. The molecule has 130 valence electrons. The molecule has 0 atom stereocenters. The second-order valence-electron chi connectivity index (χ2n) is 5.42. The first-order chi connectivity index (χ1) is 11.6. The van der Waals surface area contributed by atoms with Gasteiger partial charge in [0.2, 0.25) is 5.91 Å². The van der Waals surface area contributed by atoms with Crippen LogP contribution in [0.2, 0.25) is 0 Å². The SMILES string of the molecule is CCC(=O)c1ccc2c(c1)N(CC(=O)NCCCOC)C(=O)CO2. The summed E-state index contributed by atoms with van der Waals surface area (Å²) in [6.45, 7) is 2.58. The van der Waals surface area contributed by atoms with E-state index in [0.29, 0.717) is 43.0 Å². The molecule has 0 saturated heterocycles. The molecule has 0 unspecified atom stereocenters. The summed E-state index contributed by atoms with van der Waals surface area (Å²) in [6.07, 6.45) is 1.07. The Labute approximate surface area is 140 Å². The van der Waals surface area contributed by atoms with Gasteiger partial charge in [-0.2, -0.15) is 0 Å². The van der Waals surface area contributed by atoms with Crippen molar-refractivity contribution in [2.45, 2.75) is 19.8 Å². The molecule has 7 nitrogen and oxygen atoms in total. The summed E-state index contributed by atoms with van der Waals surface area (Å²) in [5, 5.41) is 2.74. The van der Waals surface area contributed by atoms with Gasteiger partial charge in [-0.25, -0.2) is 0 Å². The average molecular weight is 334 g/mol. The van der Waals surface area contributed by atoms with Gasteiger partial charge < -0.3 is 14.8 Å². The number of anilines is 1. The Bertz CT molecular complexity index is 629. The van der Waals surface area contributed by atoms with Crippen molar-refractivity contribution in [3.63, 3.8) is 0 Å². The Morgan fingerprint density at radius 3 is 2.88 bits per heavy atom. The smallest absolute Gasteiger partial charge is 0.265 e. The molecule has 7 heteroatoms. The van der Waals surface area contributed by atoms with Gasteiger partial charge >= 0.3 is 0 Å². The van der Waals surface area contributed by atoms with Crippen molar-refractivity contribution in [3.05, 3.63) is 23.8 Å². The van der Waals surface area contributed by atoms with Crippen molar-refractivity contribution < 1.29 is 23.9 Å². The van der Waals surface area contributed by atoms with Crippen LogP contribution in [-0.2, 0) is 14.3 Å². The summed E-state index contributed by atoms with van der Waals surface area (Å²) in [5.74, 6) is -0.107. The molecular weight excluding hydrogens is 312 g/mol. The zero-order chi connectivity index (χ0) is 17.5. The summed E-state index contributed by atoms with van der Waals surface area (Å²) in [4.78, 5) is 37.4. The Morgan fingerprint density at radius 1 is 1.38 bits per heavy atom. The number of nitrogens with one attached hydrogen (secondary N) is 1. The van der Waals surface area contributed by atoms with E-state index >= 15 is 0 Å². The highest BCUT2D eigenvalue weighted by Crippen LogP contribution is 2.33. The minimum Gasteiger partial charge on any atom is -0.482 e. The van der Waals surface area contributed by atoms with Crippen molar-refractivity contribution >= 4 is 23.3 Å². The summed E-state index contributed by atoms with van der Waals surface area (Å²) in [6, 6.07) is 4.94. The molecule has 0 spiro atoms. The van der Waals surface area contributed by atoms with Crippen molar-refractivity contribution in [2.75, 3.05) is 38.3 Å². The predicted molar refractivity (Wildman–Crippen MR) is 88.4 cm³/mol. The third-order valence-corrected chi connectivity index (χ3v) is 3.69. The normalized spacial score (nSPS) is 13.2. The van der Waals surface area contributed by atoms with Crippen LogP contribution in [0.5, 0.6) is 5.75 Å². The molecule has 1 aromatic carbocycles. The van der Waals surface area contributed by atoms with E-state index in [1.807, 2.05) is 0 Å². The second-order valence-corrected chi connectivity index (χ2v) is 5.42. The summed E-state index contributed by atoms with van der Waals surface area (Å²) in [5.41, 5.74) is 0.956. The molecule has 0 aliphatic carbocycles. The number of carbonyl (C=O) groups is 3. The first-order valence-corrected chi connectivity index (χ1v) is 7.92. The number of Topliss-reactive ketones (excluding diaryl/α,β-unsaturated/α-hetero) is 1. The van der Waals surface area contributed by atoms with E-state index in [0.717, 1.165) is 0 Å². The van der Waals surface area contributed by atoms with Gasteiger partial charge in [-0.1, -0.05) is 6.92 Å². The Morgan fingerprint density at radius 2 is 2.17 bits per heavy atom. The van der Waals surface area contributed by atoms with Crippen LogP contribution in [0.3, 0.4) is 0 Å². The molecule has 1 N–H and O–H groups in total. The lowest BCUT2D eigenvalue weighted by molar-refractivity contribution is -0.125. The van der Waals surface area contributed by atoms with Gasteiger partial charge in [0, 0.05) is 32.2 Å². The molecule has 0 fully saturated rings. The van der Waals surface area contributed by atoms with Gasteiger partial charge in [-0.05, 0) is 24.6 Å². The number of ether oxygens (including phenoxy) is 2. The third-order valence-electron chi connectivity index (χ3n) is 3.69. The number of hydrogen-bond donors (Lipinski definition) is 1. The van der Waals surface area contributed by atoms with Gasteiger partial charge in [0.1, 0.15) is 12.3 Å². The average Bonchev–Trinajstić information content (AvgIpc) is 2.60. The molecule has 2 rings (SSSR count). The fourth-order valence-corrected chi connectivity index (χ4v) is 2.40. The lowest BCUT2D eigenvalue weighted by atomic mass is 10.1. The number of fused-ring (bicyclic) bond motifs is 1. The molecule has 1 heterocycles. The largest absolute Gasteiger partial charge is 0.482 e. The standard InChI is InChI=1S/C17H22N2O5/c1-3-14(20)12-5-6-15-13(9-12)19(17(22)11-24-15)10-16(21)18-7-4-8-23-2/h5-6,9H,3-4,7-8,10-11H2,1-2H3,(H,18,21). The van der Waals surface area contributed by atoms with Gasteiger partial charge in [-0.15, -0.1) is 0 Å². The maximum absolute atomic E-state index is 12.1. The maximum atomic E-state index is 12.1.